The van der Waals surface area contributed by atoms with Crippen LogP contribution in [0.1, 0.15) is 29.6 Å². The molecule has 1 aromatic carbocycles. The first-order valence-corrected chi connectivity index (χ1v) is 8.00. The lowest BCUT2D eigenvalue weighted by Gasteiger charge is -2.15. The molecular formula is C17H18FN5O. The minimum absolute atomic E-state index is 0.247. The molecule has 1 atom stereocenters. The van der Waals surface area contributed by atoms with E-state index >= 15 is 0 Å². The predicted molar refractivity (Wildman–Crippen MR) is 85.7 cm³/mol. The number of aromatic nitrogens is 4. The number of likely N-dealkylation sites (tertiary alicyclic amines) is 1. The maximum absolute atomic E-state index is 14.0. The Balaban J connectivity index is 1.49. The summed E-state index contributed by atoms with van der Waals surface area (Å²) in [5, 5.41) is 10.9. The van der Waals surface area contributed by atoms with Crippen LogP contribution in [0.4, 0.5) is 4.39 Å². The molecule has 6 nitrogen and oxygen atoms in total. The molecule has 0 spiro atoms. The third kappa shape index (κ3) is 2.82. The second-order valence-electron chi connectivity index (χ2n) is 6.15. The van der Waals surface area contributed by atoms with Crippen molar-refractivity contribution >= 4 is 0 Å². The number of H-pyrrole nitrogens is 1. The summed E-state index contributed by atoms with van der Waals surface area (Å²) in [6.45, 7) is 4.33. The molecule has 1 fully saturated rings. The third-order valence-corrected chi connectivity index (χ3v) is 4.42. The van der Waals surface area contributed by atoms with Gasteiger partial charge in [-0.05, 0) is 32.0 Å². The fraction of sp³-hybridized carbons (Fsp3) is 0.353. The van der Waals surface area contributed by atoms with E-state index < -0.39 is 0 Å². The van der Waals surface area contributed by atoms with Crippen LogP contribution in [0, 0.1) is 12.7 Å². The Morgan fingerprint density at radius 2 is 2.25 bits per heavy atom. The molecule has 1 saturated heterocycles. The van der Waals surface area contributed by atoms with Crippen LogP contribution in [-0.2, 0) is 6.54 Å². The Labute approximate surface area is 138 Å². The number of rotatable bonds is 4. The predicted octanol–water partition coefficient (Wildman–Crippen LogP) is 2.90. The van der Waals surface area contributed by atoms with Gasteiger partial charge in [0.05, 0.1) is 17.8 Å². The standard InChI is InChI=1S/C17H18FN5O/c1-11-20-17(24-22-11)12-6-7-23(9-12)10-13-8-19-21-16(13)14-4-2-3-5-15(14)18/h2-5,8,12H,6-7,9-10H2,1H3,(H,19,21). The molecule has 1 aliphatic rings. The SMILES string of the molecule is Cc1noc(C2CCN(Cc3cn[nH]c3-c3ccccc3F)C2)n1. The lowest BCUT2D eigenvalue weighted by Crippen LogP contribution is -2.20. The summed E-state index contributed by atoms with van der Waals surface area (Å²) in [6, 6.07) is 6.74. The first kappa shape index (κ1) is 15.0. The lowest BCUT2D eigenvalue weighted by atomic mass is 10.1. The summed E-state index contributed by atoms with van der Waals surface area (Å²) in [6.07, 6.45) is 2.75. The number of nitrogens with zero attached hydrogens (tertiary/aromatic N) is 4. The smallest absolute Gasteiger partial charge is 0.231 e. The molecule has 3 heterocycles. The van der Waals surface area contributed by atoms with E-state index in [1.54, 1.807) is 18.3 Å². The molecule has 24 heavy (non-hydrogen) atoms. The highest BCUT2D eigenvalue weighted by molar-refractivity contribution is 5.63. The Morgan fingerprint density at radius 3 is 3.04 bits per heavy atom. The van der Waals surface area contributed by atoms with Crippen molar-refractivity contribution in [2.45, 2.75) is 25.8 Å². The van der Waals surface area contributed by atoms with E-state index in [-0.39, 0.29) is 11.7 Å². The fourth-order valence-electron chi connectivity index (χ4n) is 3.23. The van der Waals surface area contributed by atoms with Crippen LogP contribution in [0.15, 0.2) is 35.0 Å². The van der Waals surface area contributed by atoms with Crippen LogP contribution < -0.4 is 0 Å². The Hall–Kier alpha value is -2.54. The molecule has 0 saturated carbocycles. The van der Waals surface area contributed by atoms with Crippen LogP contribution in [0.5, 0.6) is 0 Å². The zero-order chi connectivity index (χ0) is 16.5. The van der Waals surface area contributed by atoms with Gasteiger partial charge < -0.3 is 4.52 Å². The molecule has 124 valence electrons. The summed E-state index contributed by atoms with van der Waals surface area (Å²) >= 11 is 0. The molecule has 1 N–H and O–H groups in total. The Kier molecular flexibility index (Phi) is 3.86. The van der Waals surface area contributed by atoms with Crippen LogP contribution in [0.2, 0.25) is 0 Å². The van der Waals surface area contributed by atoms with Crippen molar-refractivity contribution < 1.29 is 8.91 Å². The van der Waals surface area contributed by atoms with E-state index in [1.807, 2.05) is 13.0 Å². The Morgan fingerprint density at radius 1 is 1.38 bits per heavy atom. The van der Waals surface area contributed by atoms with Crippen LogP contribution in [0.3, 0.4) is 0 Å². The molecule has 1 unspecified atom stereocenters. The van der Waals surface area contributed by atoms with Gasteiger partial charge in [0, 0.05) is 24.2 Å². The number of hydrogen-bond donors (Lipinski definition) is 1. The van der Waals surface area contributed by atoms with Crippen LogP contribution in [0.25, 0.3) is 11.3 Å². The van der Waals surface area contributed by atoms with Crippen molar-refractivity contribution in [3.63, 3.8) is 0 Å². The van der Waals surface area contributed by atoms with E-state index in [9.17, 15) is 4.39 Å². The molecule has 0 amide bonds. The summed E-state index contributed by atoms with van der Waals surface area (Å²) < 4.78 is 19.3. The van der Waals surface area contributed by atoms with Gasteiger partial charge in [-0.1, -0.05) is 17.3 Å². The molecule has 0 radical (unpaired) electrons. The van der Waals surface area contributed by atoms with Crippen LogP contribution >= 0.6 is 0 Å². The molecule has 0 aliphatic carbocycles. The highest BCUT2D eigenvalue weighted by atomic mass is 19.1. The van der Waals surface area contributed by atoms with Crippen molar-refractivity contribution in [3.05, 3.63) is 53.6 Å². The van der Waals surface area contributed by atoms with Gasteiger partial charge in [-0.3, -0.25) is 10.00 Å². The largest absolute Gasteiger partial charge is 0.339 e. The van der Waals surface area contributed by atoms with E-state index in [4.69, 9.17) is 4.52 Å². The first-order chi connectivity index (χ1) is 11.7. The van der Waals surface area contributed by atoms with Crippen molar-refractivity contribution in [2.24, 2.45) is 0 Å². The first-order valence-electron chi connectivity index (χ1n) is 8.00. The Bertz CT molecular complexity index is 843. The van der Waals surface area contributed by atoms with E-state index in [0.717, 1.165) is 30.8 Å². The van der Waals surface area contributed by atoms with Crippen molar-refractivity contribution in [1.29, 1.82) is 0 Å². The molecule has 0 bridgehead atoms. The number of aryl methyl sites for hydroxylation is 1. The normalized spacial score (nSPS) is 18.3. The molecular weight excluding hydrogens is 309 g/mol. The molecule has 1 aliphatic heterocycles. The second-order valence-corrected chi connectivity index (χ2v) is 6.15. The number of hydrogen-bond acceptors (Lipinski definition) is 5. The van der Waals surface area contributed by atoms with Gasteiger partial charge in [0.25, 0.3) is 0 Å². The molecule has 2 aromatic heterocycles. The van der Waals surface area contributed by atoms with E-state index in [2.05, 4.69) is 25.2 Å². The van der Waals surface area contributed by atoms with Gasteiger partial charge in [-0.15, -0.1) is 0 Å². The number of benzene rings is 1. The third-order valence-electron chi connectivity index (χ3n) is 4.42. The zero-order valence-corrected chi connectivity index (χ0v) is 13.4. The topological polar surface area (TPSA) is 70.8 Å². The quantitative estimate of drug-likeness (QED) is 0.798. The summed E-state index contributed by atoms with van der Waals surface area (Å²) in [7, 11) is 0. The van der Waals surface area contributed by atoms with Gasteiger partial charge in [-0.2, -0.15) is 10.1 Å². The maximum Gasteiger partial charge on any atom is 0.231 e. The lowest BCUT2D eigenvalue weighted by molar-refractivity contribution is 0.309. The molecule has 4 rings (SSSR count). The average molecular weight is 327 g/mol. The number of nitrogens with one attached hydrogen (secondary N) is 1. The van der Waals surface area contributed by atoms with Crippen LogP contribution in [-0.4, -0.2) is 38.3 Å². The summed E-state index contributed by atoms with van der Waals surface area (Å²) in [4.78, 5) is 6.63. The second kappa shape index (κ2) is 6.16. The number of halogens is 1. The number of aromatic amines is 1. The van der Waals surface area contributed by atoms with Crippen molar-refractivity contribution in [2.75, 3.05) is 13.1 Å². The molecule has 7 heteroatoms. The van der Waals surface area contributed by atoms with Crippen molar-refractivity contribution in [1.82, 2.24) is 25.2 Å². The minimum atomic E-state index is -0.247. The monoisotopic (exact) mass is 327 g/mol. The average Bonchev–Trinajstić information content (AvgIpc) is 3.29. The highest BCUT2D eigenvalue weighted by Gasteiger charge is 2.28. The van der Waals surface area contributed by atoms with Gasteiger partial charge in [0.1, 0.15) is 5.82 Å². The maximum atomic E-state index is 14.0. The molecule has 3 aromatic rings. The summed E-state index contributed by atoms with van der Waals surface area (Å²) in [5.41, 5.74) is 2.28. The minimum Gasteiger partial charge on any atom is -0.339 e. The van der Waals surface area contributed by atoms with Gasteiger partial charge in [0.2, 0.25) is 5.89 Å². The van der Waals surface area contributed by atoms with Gasteiger partial charge in [0.15, 0.2) is 5.82 Å². The van der Waals surface area contributed by atoms with Gasteiger partial charge >= 0.3 is 0 Å². The van der Waals surface area contributed by atoms with Gasteiger partial charge in [-0.25, -0.2) is 4.39 Å². The summed E-state index contributed by atoms with van der Waals surface area (Å²) in [5.74, 6) is 1.38. The highest BCUT2D eigenvalue weighted by Crippen LogP contribution is 2.29. The zero-order valence-electron chi connectivity index (χ0n) is 13.4. The van der Waals surface area contributed by atoms with E-state index in [0.29, 0.717) is 23.8 Å². The fourth-order valence-corrected chi connectivity index (χ4v) is 3.23. The van der Waals surface area contributed by atoms with E-state index in [1.165, 1.54) is 6.07 Å². The van der Waals surface area contributed by atoms with Crippen molar-refractivity contribution in [3.8, 4) is 11.3 Å².